The number of aliphatic hydroxyl groups is 1. The van der Waals surface area contributed by atoms with Crippen LogP contribution < -0.4 is 11.1 Å². The SMILES string of the molecule is Nc1ccc(NCC(F)(F)CO)nn1. The van der Waals surface area contributed by atoms with E-state index in [2.05, 4.69) is 15.5 Å². The first-order chi connectivity index (χ1) is 6.53. The van der Waals surface area contributed by atoms with Crippen molar-refractivity contribution in [2.45, 2.75) is 5.92 Å². The second kappa shape index (κ2) is 4.14. The third kappa shape index (κ3) is 3.09. The Kier molecular flexibility index (Phi) is 3.13. The molecule has 0 bridgehead atoms. The largest absolute Gasteiger partial charge is 0.390 e. The number of nitrogens with zero attached hydrogens (tertiary/aromatic N) is 2. The Labute approximate surface area is 78.9 Å². The van der Waals surface area contributed by atoms with E-state index in [1.165, 1.54) is 12.1 Å². The molecule has 0 amide bonds. The van der Waals surface area contributed by atoms with Crippen molar-refractivity contribution in [3.8, 4) is 0 Å². The highest BCUT2D eigenvalue weighted by atomic mass is 19.3. The average molecular weight is 204 g/mol. The number of rotatable bonds is 4. The molecule has 0 aliphatic rings. The summed E-state index contributed by atoms with van der Waals surface area (Å²) in [7, 11) is 0. The lowest BCUT2D eigenvalue weighted by atomic mass is 10.3. The fourth-order valence-corrected chi connectivity index (χ4v) is 0.713. The van der Waals surface area contributed by atoms with E-state index >= 15 is 0 Å². The minimum absolute atomic E-state index is 0.187. The molecule has 14 heavy (non-hydrogen) atoms. The highest BCUT2D eigenvalue weighted by molar-refractivity contribution is 5.38. The molecule has 7 heteroatoms. The van der Waals surface area contributed by atoms with Crippen LogP contribution in [-0.2, 0) is 0 Å². The molecule has 0 saturated carbocycles. The van der Waals surface area contributed by atoms with Gasteiger partial charge in [0.1, 0.15) is 18.2 Å². The van der Waals surface area contributed by atoms with Crippen LogP contribution in [0.2, 0.25) is 0 Å². The van der Waals surface area contributed by atoms with Crippen LogP contribution in [0.5, 0.6) is 0 Å². The van der Waals surface area contributed by atoms with Crippen molar-refractivity contribution in [1.29, 1.82) is 0 Å². The van der Waals surface area contributed by atoms with Gasteiger partial charge in [0.15, 0.2) is 0 Å². The van der Waals surface area contributed by atoms with Gasteiger partial charge < -0.3 is 16.2 Å². The van der Waals surface area contributed by atoms with Gasteiger partial charge in [-0.05, 0) is 12.1 Å². The monoisotopic (exact) mass is 204 g/mol. The molecule has 1 aromatic rings. The number of aliphatic hydroxyl groups excluding tert-OH is 1. The third-order valence-electron chi connectivity index (χ3n) is 1.44. The second-order valence-electron chi connectivity index (χ2n) is 2.71. The van der Waals surface area contributed by atoms with Crippen molar-refractivity contribution in [3.63, 3.8) is 0 Å². The van der Waals surface area contributed by atoms with E-state index < -0.39 is 19.1 Å². The summed E-state index contributed by atoms with van der Waals surface area (Å²) in [6.07, 6.45) is 0. The molecule has 0 atom stereocenters. The van der Waals surface area contributed by atoms with Gasteiger partial charge in [0.25, 0.3) is 5.92 Å². The van der Waals surface area contributed by atoms with Crippen LogP contribution in [0.25, 0.3) is 0 Å². The number of aromatic nitrogens is 2. The molecule has 0 radical (unpaired) electrons. The number of nitrogen functional groups attached to an aromatic ring is 1. The summed E-state index contributed by atoms with van der Waals surface area (Å²) < 4.78 is 25.1. The van der Waals surface area contributed by atoms with Crippen molar-refractivity contribution >= 4 is 11.6 Å². The van der Waals surface area contributed by atoms with Crippen molar-refractivity contribution in [2.75, 3.05) is 24.2 Å². The van der Waals surface area contributed by atoms with Gasteiger partial charge in [-0.2, -0.15) is 0 Å². The number of nitrogens with one attached hydrogen (secondary N) is 1. The van der Waals surface area contributed by atoms with Crippen LogP contribution in [0, 0.1) is 0 Å². The Morgan fingerprint density at radius 2 is 2.14 bits per heavy atom. The van der Waals surface area contributed by atoms with Gasteiger partial charge in [0.05, 0.1) is 6.54 Å². The molecule has 5 nitrogen and oxygen atoms in total. The first-order valence-electron chi connectivity index (χ1n) is 3.85. The maximum atomic E-state index is 12.5. The van der Waals surface area contributed by atoms with Crippen LogP contribution in [0.1, 0.15) is 0 Å². The Morgan fingerprint density at radius 3 is 2.64 bits per heavy atom. The standard InChI is InChI=1S/C7H10F2N4O/c8-7(9,4-14)3-11-6-2-1-5(10)12-13-6/h1-2,14H,3-4H2,(H2,10,12)(H,11,13). The zero-order valence-electron chi connectivity index (χ0n) is 7.24. The minimum Gasteiger partial charge on any atom is -0.390 e. The third-order valence-corrected chi connectivity index (χ3v) is 1.44. The maximum absolute atomic E-state index is 12.5. The molecule has 1 aromatic heterocycles. The molecule has 0 aromatic carbocycles. The van der Waals surface area contributed by atoms with Crippen LogP contribution in [0.15, 0.2) is 12.1 Å². The van der Waals surface area contributed by atoms with Crippen LogP contribution in [0.4, 0.5) is 20.4 Å². The lowest BCUT2D eigenvalue weighted by molar-refractivity contribution is -0.0373. The van der Waals surface area contributed by atoms with E-state index in [1.54, 1.807) is 0 Å². The summed E-state index contributed by atoms with van der Waals surface area (Å²) in [6, 6.07) is 2.86. The predicted molar refractivity (Wildman–Crippen MR) is 47.0 cm³/mol. The fraction of sp³-hybridized carbons (Fsp3) is 0.429. The first kappa shape index (κ1) is 10.6. The predicted octanol–water partition coefficient (Wildman–Crippen LogP) is 0.0983. The summed E-state index contributed by atoms with van der Waals surface area (Å²) in [6.45, 7) is -1.90. The Bertz CT molecular complexity index is 290. The molecule has 0 spiro atoms. The zero-order chi connectivity index (χ0) is 10.6. The smallest absolute Gasteiger partial charge is 0.287 e. The Hall–Kier alpha value is -1.50. The van der Waals surface area contributed by atoms with Crippen molar-refractivity contribution in [2.24, 2.45) is 0 Å². The Morgan fingerprint density at radius 1 is 1.43 bits per heavy atom. The lowest BCUT2D eigenvalue weighted by Crippen LogP contribution is -2.31. The number of halogens is 2. The number of anilines is 2. The van der Waals surface area contributed by atoms with E-state index in [0.717, 1.165) is 0 Å². The molecule has 1 heterocycles. The van der Waals surface area contributed by atoms with E-state index in [0.29, 0.717) is 0 Å². The van der Waals surface area contributed by atoms with Gasteiger partial charge in [-0.25, -0.2) is 8.78 Å². The number of nitrogens with two attached hydrogens (primary N) is 1. The topological polar surface area (TPSA) is 84.1 Å². The summed E-state index contributed by atoms with van der Waals surface area (Å²) >= 11 is 0. The highest BCUT2D eigenvalue weighted by Gasteiger charge is 2.27. The van der Waals surface area contributed by atoms with Gasteiger partial charge in [0.2, 0.25) is 0 Å². The molecule has 0 aliphatic heterocycles. The van der Waals surface area contributed by atoms with Gasteiger partial charge >= 0.3 is 0 Å². The molecule has 4 N–H and O–H groups in total. The minimum atomic E-state index is -3.16. The number of hydrogen-bond donors (Lipinski definition) is 3. The fourth-order valence-electron chi connectivity index (χ4n) is 0.713. The average Bonchev–Trinajstić information content (AvgIpc) is 2.17. The lowest BCUT2D eigenvalue weighted by Gasteiger charge is -2.13. The summed E-state index contributed by atoms with van der Waals surface area (Å²) in [4.78, 5) is 0. The molecule has 0 aliphatic carbocycles. The highest BCUT2D eigenvalue weighted by Crippen LogP contribution is 2.13. The molecule has 78 valence electrons. The molecule has 0 fully saturated rings. The van der Waals surface area contributed by atoms with E-state index in [-0.39, 0.29) is 11.6 Å². The van der Waals surface area contributed by atoms with Crippen LogP contribution in [0.3, 0.4) is 0 Å². The summed E-state index contributed by atoms with van der Waals surface area (Å²) in [5, 5.41) is 17.6. The molecular formula is C7H10F2N4O. The van der Waals surface area contributed by atoms with E-state index in [4.69, 9.17) is 10.8 Å². The van der Waals surface area contributed by atoms with Gasteiger partial charge in [-0.1, -0.05) is 0 Å². The quantitative estimate of drug-likeness (QED) is 0.647. The molecule has 0 saturated heterocycles. The zero-order valence-corrected chi connectivity index (χ0v) is 7.24. The maximum Gasteiger partial charge on any atom is 0.287 e. The number of hydrogen-bond acceptors (Lipinski definition) is 5. The van der Waals surface area contributed by atoms with Crippen LogP contribution in [-0.4, -0.2) is 34.4 Å². The molecular weight excluding hydrogens is 194 g/mol. The van der Waals surface area contributed by atoms with E-state index in [9.17, 15) is 8.78 Å². The van der Waals surface area contributed by atoms with Crippen molar-refractivity contribution in [3.05, 3.63) is 12.1 Å². The molecule has 1 rings (SSSR count). The van der Waals surface area contributed by atoms with Gasteiger partial charge in [-0.15, -0.1) is 10.2 Å². The van der Waals surface area contributed by atoms with E-state index in [1.807, 2.05) is 0 Å². The van der Waals surface area contributed by atoms with Gasteiger partial charge in [0, 0.05) is 0 Å². The van der Waals surface area contributed by atoms with Crippen molar-refractivity contribution in [1.82, 2.24) is 10.2 Å². The first-order valence-corrected chi connectivity index (χ1v) is 3.85. The normalized spacial score (nSPS) is 11.4. The van der Waals surface area contributed by atoms with Gasteiger partial charge in [-0.3, -0.25) is 0 Å². The Balaban J connectivity index is 2.50. The molecule has 0 unspecified atom stereocenters. The number of alkyl halides is 2. The second-order valence-corrected chi connectivity index (χ2v) is 2.71. The van der Waals surface area contributed by atoms with Crippen molar-refractivity contribution < 1.29 is 13.9 Å². The summed E-state index contributed by atoms with van der Waals surface area (Å²) in [5.41, 5.74) is 5.25. The summed E-state index contributed by atoms with van der Waals surface area (Å²) in [5.74, 6) is -2.76. The van der Waals surface area contributed by atoms with Crippen LogP contribution >= 0.6 is 0 Å².